The molecule has 1 aromatic rings. The Morgan fingerprint density at radius 3 is 2.83 bits per heavy atom. The highest BCUT2D eigenvalue weighted by molar-refractivity contribution is 6.31. The standard InChI is InChI=1S/C9H10ClNO/c10-9-4-2-1-3-8(9)5-6-11-7-12/h1-4,7H,5-6H2,(H,11,12). The van der Waals surface area contributed by atoms with Crippen LogP contribution >= 0.6 is 11.6 Å². The van der Waals surface area contributed by atoms with Gasteiger partial charge in [0, 0.05) is 11.6 Å². The zero-order chi connectivity index (χ0) is 8.81. The summed E-state index contributed by atoms with van der Waals surface area (Å²) < 4.78 is 0. The maximum absolute atomic E-state index is 9.94. The van der Waals surface area contributed by atoms with Gasteiger partial charge in [-0.3, -0.25) is 4.79 Å². The third-order valence-corrected chi connectivity index (χ3v) is 1.95. The molecule has 0 unspecified atom stereocenters. The van der Waals surface area contributed by atoms with Gasteiger partial charge in [0.25, 0.3) is 0 Å². The van der Waals surface area contributed by atoms with Gasteiger partial charge in [0.2, 0.25) is 6.41 Å². The third-order valence-electron chi connectivity index (χ3n) is 1.58. The second kappa shape index (κ2) is 4.78. The fraction of sp³-hybridized carbons (Fsp3) is 0.222. The highest BCUT2D eigenvalue weighted by Gasteiger charge is 1.96. The molecule has 0 fully saturated rings. The summed E-state index contributed by atoms with van der Waals surface area (Å²) in [6.45, 7) is 0.632. The fourth-order valence-electron chi connectivity index (χ4n) is 0.967. The average Bonchev–Trinajstić information content (AvgIpc) is 2.09. The first-order chi connectivity index (χ1) is 5.84. The highest BCUT2D eigenvalue weighted by atomic mass is 35.5. The minimum absolute atomic E-state index is 0.632. The molecule has 1 rings (SSSR count). The van der Waals surface area contributed by atoms with Gasteiger partial charge in [-0.15, -0.1) is 0 Å². The van der Waals surface area contributed by atoms with Crippen LogP contribution in [-0.4, -0.2) is 13.0 Å². The largest absolute Gasteiger partial charge is 0.358 e. The number of halogens is 1. The number of carbonyl (C=O) groups excluding carboxylic acids is 1. The smallest absolute Gasteiger partial charge is 0.207 e. The number of carbonyl (C=O) groups is 1. The molecule has 3 heteroatoms. The van der Waals surface area contributed by atoms with Crippen LogP contribution in [-0.2, 0) is 11.2 Å². The molecule has 2 nitrogen and oxygen atoms in total. The summed E-state index contributed by atoms with van der Waals surface area (Å²) in [4.78, 5) is 9.94. The quantitative estimate of drug-likeness (QED) is 0.558. The number of rotatable bonds is 4. The summed E-state index contributed by atoms with van der Waals surface area (Å²) in [5, 5.41) is 3.34. The first-order valence-corrected chi connectivity index (χ1v) is 4.13. The molecule has 0 bridgehead atoms. The van der Waals surface area contributed by atoms with E-state index in [9.17, 15) is 4.79 Å². The molecule has 0 heterocycles. The molecular formula is C9H10ClNO. The minimum Gasteiger partial charge on any atom is -0.358 e. The van der Waals surface area contributed by atoms with Crippen molar-refractivity contribution in [2.75, 3.05) is 6.54 Å². The Kier molecular flexibility index (Phi) is 3.61. The van der Waals surface area contributed by atoms with Crippen LogP contribution in [0.15, 0.2) is 24.3 Å². The topological polar surface area (TPSA) is 29.1 Å². The molecule has 64 valence electrons. The molecule has 0 aliphatic rings. The number of hydrogen-bond donors (Lipinski definition) is 1. The van der Waals surface area contributed by atoms with E-state index in [1.165, 1.54) is 0 Å². The Labute approximate surface area is 76.5 Å². The molecule has 0 aliphatic carbocycles. The lowest BCUT2D eigenvalue weighted by Crippen LogP contribution is -2.14. The molecule has 1 aromatic carbocycles. The van der Waals surface area contributed by atoms with Crippen molar-refractivity contribution in [3.8, 4) is 0 Å². The van der Waals surface area contributed by atoms with E-state index in [-0.39, 0.29) is 0 Å². The van der Waals surface area contributed by atoms with Crippen molar-refractivity contribution in [1.82, 2.24) is 5.32 Å². The molecule has 0 radical (unpaired) electrons. The van der Waals surface area contributed by atoms with E-state index in [0.29, 0.717) is 13.0 Å². The SMILES string of the molecule is O=CNCCc1ccccc1Cl. The van der Waals surface area contributed by atoms with Gasteiger partial charge in [-0.25, -0.2) is 0 Å². The normalized spacial score (nSPS) is 9.42. The van der Waals surface area contributed by atoms with Gasteiger partial charge in [0.1, 0.15) is 0 Å². The summed E-state index contributed by atoms with van der Waals surface area (Å²) in [7, 11) is 0. The lowest BCUT2D eigenvalue weighted by Gasteiger charge is -2.01. The van der Waals surface area contributed by atoms with E-state index in [1.54, 1.807) is 0 Å². The second-order valence-corrected chi connectivity index (χ2v) is 2.82. The molecule has 1 N–H and O–H groups in total. The van der Waals surface area contributed by atoms with Crippen molar-refractivity contribution in [2.24, 2.45) is 0 Å². The zero-order valence-corrected chi connectivity index (χ0v) is 7.34. The van der Waals surface area contributed by atoms with Crippen molar-refractivity contribution in [3.63, 3.8) is 0 Å². The van der Waals surface area contributed by atoms with Gasteiger partial charge in [-0.05, 0) is 18.1 Å². The van der Waals surface area contributed by atoms with Crippen molar-refractivity contribution < 1.29 is 4.79 Å². The summed E-state index contributed by atoms with van der Waals surface area (Å²) in [6.07, 6.45) is 1.47. The highest BCUT2D eigenvalue weighted by Crippen LogP contribution is 2.14. The van der Waals surface area contributed by atoms with Crippen molar-refractivity contribution >= 4 is 18.0 Å². The number of nitrogens with one attached hydrogen (secondary N) is 1. The van der Waals surface area contributed by atoms with E-state index in [1.807, 2.05) is 24.3 Å². The average molecular weight is 184 g/mol. The van der Waals surface area contributed by atoms with E-state index in [4.69, 9.17) is 11.6 Å². The van der Waals surface area contributed by atoms with Crippen molar-refractivity contribution in [1.29, 1.82) is 0 Å². The molecule has 0 saturated heterocycles. The molecule has 0 saturated carbocycles. The van der Waals surface area contributed by atoms with Crippen LogP contribution < -0.4 is 5.32 Å². The Morgan fingerprint density at radius 1 is 1.42 bits per heavy atom. The Bertz CT molecular complexity index is 262. The van der Waals surface area contributed by atoms with Crippen LogP contribution in [0.1, 0.15) is 5.56 Å². The van der Waals surface area contributed by atoms with Crippen molar-refractivity contribution in [2.45, 2.75) is 6.42 Å². The van der Waals surface area contributed by atoms with Crippen LogP contribution in [0.4, 0.5) is 0 Å². The van der Waals surface area contributed by atoms with E-state index >= 15 is 0 Å². The lowest BCUT2D eigenvalue weighted by atomic mass is 10.1. The summed E-state index contributed by atoms with van der Waals surface area (Å²) in [5.74, 6) is 0. The third kappa shape index (κ3) is 2.55. The minimum atomic E-state index is 0.632. The van der Waals surface area contributed by atoms with Gasteiger partial charge >= 0.3 is 0 Å². The Balaban J connectivity index is 2.51. The monoisotopic (exact) mass is 183 g/mol. The summed E-state index contributed by atoms with van der Waals surface area (Å²) in [6, 6.07) is 7.62. The predicted molar refractivity (Wildman–Crippen MR) is 49.2 cm³/mol. The number of amides is 1. The first-order valence-electron chi connectivity index (χ1n) is 3.75. The molecule has 0 atom stereocenters. The second-order valence-electron chi connectivity index (χ2n) is 2.41. The maximum atomic E-state index is 9.94. The van der Waals surface area contributed by atoms with Gasteiger partial charge in [0.15, 0.2) is 0 Å². The molecule has 0 spiro atoms. The van der Waals surface area contributed by atoms with E-state index in [0.717, 1.165) is 17.0 Å². The van der Waals surface area contributed by atoms with Crippen molar-refractivity contribution in [3.05, 3.63) is 34.9 Å². The van der Waals surface area contributed by atoms with Crippen LogP contribution in [0.5, 0.6) is 0 Å². The van der Waals surface area contributed by atoms with Crippen LogP contribution in [0.2, 0.25) is 5.02 Å². The predicted octanol–water partition coefficient (Wildman–Crippen LogP) is 1.63. The van der Waals surface area contributed by atoms with Gasteiger partial charge < -0.3 is 5.32 Å². The van der Waals surface area contributed by atoms with E-state index < -0.39 is 0 Å². The Hall–Kier alpha value is -1.02. The fourth-order valence-corrected chi connectivity index (χ4v) is 1.20. The molecule has 12 heavy (non-hydrogen) atoms. The molecule has 0 aliphatic heterocycles. The van der Waals surface area contributed by atoms with Crippen LogP contribution in [0, 0.1) is 0 Å². The van der Waals surface area contributed by atoms with Crippen LogP contribution in [0.25, 0.3) is 0 Å². The van der Waals surface area contributed by atoms with Gasteiger partial charge in [-0.2, -0.15) is 0 Å². The lowest BCUT2D eigenvalue weighted by molar-refractivity contribution is -0.109. The zero-order valence-electron chi connectivity index (χ0n) is 6.59. The van der Waals surface area contributed by atoms with Crippen LogP contribution in [0.3, 0.4) is 0 Å². The van der Waals surface area contributed by atoms with E-state index in [2.05, 4.69) is 5.32 Å². The summed E-state index contributed by atoms with van der Waals surface area (Å²) >= 11 is 5.89. The Morgan fingerprint density at radius 2 is 2.17 bits per heavy atom. The first kappa shape index (κ1) is 9.07. The van der Waals surface area contributed by atoms with Gasteiger partial charge in [0.05, 0.1) is 0 Å². The maximum Gasteiger partial charge on any atom is 0.207 e. The summed E-state index contributed by atoms with van der Waals surface area (Å²) in [5.41, 5.74) is 1.06. The number of benzene rings is 1. The molecule has 1 amide bonds. The van der Waals surface area contributed by atoms with Gasteiger partial charge in [-0.1, -0.05) is 29.8 Å². The number of hydrogen-bond acceptors (Lipinski definition) is 1. The molecule has 0 aromatic heterocycles. The molecular weight excluding hydrogens is 174 g/mol.